The largest absolute Gasteiger partial charge is 0.454 e. The molecule has 2 aliphatic carbocycles. The minimum absolute atomic E-state index is 0.0174. The van der Waals surface area contributed by atoms with Crippen LogP contribution in [0.5, 0.6) is 11.5 Å². The maximum atomic E-state index is 13.6. The number of nitrogens with zero attached hydrogens (tertiary/aromatic N) is 1. The number of hydrogen-bond acceptors (Lipinski definition) is 4. The molecule has 1 fully saturated rings. The Balaban J connectivity index is 1.40. The highest BCUT2D eigenvalue weighted by Crippen LogP contribution is 2.51. The number of rotatable bonds is 8. The molecule has 206 valence electrons. The Bertz CT molecular complexity index is 1360. The summed E-state index contributed by atoms with van der Waals surface area (Å²) < 4.78 is 11.0. The molecular weight excluding hydrogens is 488 g/mol. The maximum Gasteiger partial charge on any atom is 0.250 e. The molecule has 2 aromatic rings. The SMILES string of the molecule is CCc1c(C)cc(NC(=O)C2(c3ccc4c(c3)OCO4)CC2)cc1C1=CC=C(C(=O)N(C(C)C)C(C)C)CC1. The van der Waals surface area contributed by atoms with Gasteiger partial charge in [0, 0.05) is 23.3 Å². The third kappa shape index (κ3) is 5.09. The van der Waals surface area contributed by atoms with E-state index in [4.69, 9.17) is 9.47 Å². The van der Waals surface area contributed by atoms with Gasteiger partial charge in [0.25, 0.3) is 0 Å². The second-order valence-electron chi connectivity index (χ2n) is 11.6. The second-order valence-corrected chi connectivity index (χ2v) is 11.6. The average Bonchev–Trinajstić information content (AvgIpc) is 3.58. The van der Waals surface area contributed by atoms with Crippen LogP contribution in [0.1, 0.15) is 82.6 Å². The van der Waals surface area contributed by atoms with E-state index in [-0.39, 0.29) is 30.7 Å². The standard InChI is InChI=1S/C33H40N2O4/c1-7-27-22(6)16-26(34-32(37)33(14-15-33)25-12-13-29-30(17-25)39-19-38-29)18-28(27)23-8-10-24(11-9-23)31(36)35(20(2)3)21(4)5/h8,10,12-13,16-18,20-21H,7,9,11,14-15,19H2,1-6H3,(H,34,37). The monoisotopic (exact) mass is 528 g/mol. The molecule has 0 radical (unpaired) electrons. The number of carbonyl (C=O) groups is 2. The van der Waals surface area contributed by atoms with Crippen molar-refractivity contribution in [2.75, 3.05) is 12.1 Å². The molecule has 1 saturated carbocycles. The zero-order valence-corrected chi connectivity index (χ0v) is 24.0. The number of fused-ring (bicyclic) bond motifs is 1. The zero-order valence-electron chi connectivity index (χ0n) is 24.0. The number of amides is 2. The van der Waals surface area contributed by atoms with Crippen molar-refractivity contribution in [3.63, 3.8) is 0 Å². The van der Waals surface area contributed by atoms with Gasteiger partial charge in [-0.25, -0.2) is 0 Å². The molecule has 1 N–H and O–H groups in total. The van der Waals surface area contributed by atoms with E-state index in [2.05, 4.69) is 65.1 Å². The summed E-state index contributed by atoms with van der Waals surface area (Å²) in [6.07, 6.45) is 8.14. The topological polar surface area (TPSA) is 67.9 Å². The number of carbonyl (C=O) groups excluding carboxylic acids is 2. The van der Waals surface area contributed by atoms with Crippen molar-refractivity contribution in [2.45, 2.75) is 91.1 Å². The molecule has 6 nitrogen and oxygen atoms in total. The van der Waals surface area contributed by atoms with Crippen LogP contribution < -0.4 is 14.8 Å². The van der Waals surface area contributed by atoms with Gasteiger partial charge < -0.3 is 19.7 Å². The van der Waals surface area contributed by atoms with E-state index in [1.54, 1.807) is 0 Å². The Morgan fingerprint density at radius 2 is 1.69 bits per heavy atom. The first-order chi connectivity index (χ1) is 18.6. The number of nitrogens with one attached hydrogen (secondary N) is 1. The Labute approximate surface area is 232 Å². The first-order valence-corrected chi connectivity index (χ1v) is 14.2. The molecule has 1 aliphatic heterocycles. The molecule has 39 heavy (non-hydrogen) atoms. The van der Waals surface area contributed by atoms with Gasteiger partial charge >= 0.3 is 0 Å². The minimum atomic E-state index is -0.528. The Morgan fingerprint density at radius 3 is 2.31 bits per heavy atom. The summed E-state index contributed by atoms with van der Waals surface area (Å²) in [5.74, 6) is 1.58. The van der Waals surface area contributed by atoms with E-state index >= 15 is 0 Å². The van der Waals surface area contributed by atoms with Crippen LogP contribution in [0.25, 0.3) is 5.57 Å². The van der Waals surface area contributed by atoms with Gasteiger partial charge in [0.1, 0.15) is 0 Å². The van der Waals surface area contributed by atoms with Gasteiger partial charge in [0.2, 0.25) is 18.6 Å². The number of aryl methyl sites for hydroxylation is 1. The second kappa shape index (κ2) is 10.6. The summed E-state index contributed by atoms with van der Waals surface area (Å²) in [7, 11) is 0. The predicted molar refractivity (Wildman–Crippen MR) is 155 cm³/mol. The van der Waals surface area contributed by atoms with E-state index in [1.807, 2.05) is 29.2 Å². The number of hydrogen-bond donors (Lipinski definition) is 1. The fraction of sp³-hybridized carbons (Fsp3) is 0.455. The lowest BCUT2D eigenvalue weighted by Crippen LogP contribution is -2.42. The average molecular weight is 529 g/mol. The van der Waals surface area contributed by atoms with Crippen molar-refractivity contribution in [1.82, 2.24) is 4.90 Å². The zero-order chi connectivity index (χ0) is 27.9. The molecule has 0 bridgehead atoms. The summed E-state index contributed by atoms with van der Waals surface area (Å²) >= 11 is 0. The molecule has 2 aromatic carbocycles. The highest BCUT2D eigenvalue weighted by molar-refractivity contribution is 6.02. The van der Waals surface area contributed by atoms with Crippen LogP contribution in [0.4, 0.5) is 5.69 Å². The normalized spacial score (nSPS) is 17.1. The van der Waals surface area contributed by atoms with Crippen molar-refractivity contribution < 1.29 is 19.1 Å². The van der Waals surface area contributed by atoms with Gasteiger partial charge in [-0.15, -0.1) is 0 Å². The molecule has 6 heteroatoms. The van der Waals surface area contributed by atoms with Crippen LogP contribution >= 0.6 is 0 Å². The lowest BCUT2D eigenvalue weighted by atomic mass is 9.87. The van der Waals surface area contributed by atoms with E-state index in [0.29, 0.717) is 12.2 Å². The van der Waals surface area contributed by atoms with Gasteiger partial charge in [-0.1, -0.05) is 25.1 Å². The van der Waals surface area contributed by atoms with E-state index in [9.17, 15) is 9.59 Å². The summed E-state index contributed by atoms with van der Waals surface area (Å²) in [5, 5.41) is 3.23. The third-order valence-corrected chi connectivity index (χ3v) is 8.31. The quantitative estimate of drug-likeness (QED) is 0.414. The molecule has 5 rings (SSSR count). The summed E-state index contributed by atoms with van der Waals surface area (Å²) in [4.78, 5) is 28.8. The van der Waals surface area contributed by atoms with Gasteiger partial charge in [-0.2, -0.15) is 0 Å². The van der Waals surface area contributed by atoms with Gasteiger partial charge in [-0.05, 0) is 119 Å². The molecule has 0 unspecified atom stereocenters. The van der Waals surface area contributed by atoms with E-state index in [1.165, 1.54) is 11.1 Å². The summed E-state index contributed by atoms with van der Waals surface area (Å²) in [6.45, 7) is 12.8. The summed E-state index contributed by atoms with van der Waals surface area (Å²) in [5.41, 5.74) is 6.93. The van der Waals surface area contributed by atoms with Gasteiger partial charge in [0.15, 0.2) is 11.5 Å². The van der Waals surface area contributed by atoms with Crippen molar-refractivity contribution in [2.24, 2.45) is 0 Å². The fourth-order valence-electron chi connectivity index (χ4n) is 6.13. The fourth-order valence-corrected chi connectivity index (χ4v) is 6.13. The van der Waals surface area contributed by atoms with Crippen molar-refractivity contribution in [3.8, 4) is 11.5 Å². The first-order valence-electron chi connectivity index (χ1n) is 14.2. The highest BCUT2D eigenvalue weighted by Gasteiger charge is 2.51. The van der Waals surface area contributed by atoms with Crippen LogP contribution in [-0.2, 0) is 21.4 Å². The predicted octanol–water partition coefficient (Wildman–Crippen LogP) is 6.71. The maximum absolute atomic E-state index is 13.6. The molecule has 2 amide bonds. The van der Waals surface area contributed by atoms with E-state index < -0.39 is 5.41 Å². The third-order valence-electron chi connectivity index (χ3n) is 8.31. The molecule has 0 atom stereocenters. The molecule has 3 aliphatic rings. The Morgan fingerprint density at radius 1 is 0.974 bits per heavy atom. The van der Waals surface area contributed by atoms with Crippen LogP contribution in [0.2, 0.25) is 0 Å². The van der Waals surface area contributed by atoms with E-state index in [0.717, 1.165) is 59.4 Å². The van der Waals surface area contributed by atoms with Crippen molar-refractivity contribution in [1.29, 1.82) is 0 Å². The number of anilines is 1. The molecule has 0 aromatic heterocycles. The minimum Gasteiger partial charge on any atom is -0.454 e. The molecular formula is C33H40N2O4. The Hall–Kier alpha value is -3.54. The van der Waals surface area contributed by atoms with Gasteiger partial charge in [-0.3, -0.25) is 9.59 Å². The number of ether oxygens (including phenoxy) is 2. The first kappa shape index (κ1) is 27.0. The number of benzene rings is 2. The van der Waals surface area contributed by atoms with Crippen molar-refractivity contribution >= 4 is 23.1 Å². The van der Waals surface area contributed by atoms with Crippen LogP contribution in [0.3, 0.4) is 0 Å². The van der Waals surface area contributed by atoms with Crippen LogP contribution in [0.15, 0.2) is 48.1 Å². The summed E-state index contributed by atoms with van der Waals surface area (Å²) in [6, 6.07) is 10.3. The van der Waals surface area contributed by atoms with Gasteiger partial charge in [0.05, 0.1) is 5.41 Å². The highest BCUT2D eigenvalue weighted by atomic mass is 16.7. The molecule has 1 heterocycles. The molecule has 0 saturated heterocycles. The lowest BCUT2D eigenvalue weighted by Gasteiger charge is -2.32. The number of allylic oxidation sites excluding steroid dienone is 3. The Kier molecular flexibility index (Phi) is 7.32. The van der Waals surface area contributed by atoms with Crippen LogP contribution in [-0.4, -0.2) is 35.6 Å². The smallest absolute Gasteiger partial charge is 0.250 e. The molecule has 0 spiro atoms. The van der Waals surface area contributed by atoms with Crippen LogP contribution in [0, 0.1) is 6.92 Å². The van der Waals surface area contributed by atoms with Crippen molar-refractivity contribution in [3.05, 3.63) is 70.3 Å². The lowest BCUT2D eigenvalue weighted by molar-refractivity contribution is -0.130.